The molecule has 2 N–H and O–H groups in total. The van der Waals surface area contributed by atoms with Crippen molar-refractivity contribution in [3.05, 3.63) is 29.3 Å². The van der Waals surface area contributed by atoms with Gasteiger partial charge in [0.2, 0.25) is 0 Å². The molecule has 1 unspecified atom stereocenters. The number of hydrogen-bond acceptors (Lipinski definition) is 2. The fourth-order valence-corrected chi connectivity index (χ4v) is 1.99. The van der Waals surface area contributed by atoms with Crippen molar-refractivity contribution in [1.82, 2.24) is 4.90 Å². The number of aliphatic imine (C=N–C) groups is 1. The van der Waals surface area contributed by atoms with Crippen LogP contribution >= 0.6 is 11.6 Å². The van der Waals surface area contributed by atoms with Crippen LogP contribution in [0.5, 0.6) is 5.75 Å². The Hall–Kier alpha value is -1.42. The molecule has 1 aromatic rings. The van der Waals surface area contributed by atoms with Crippen molar-refractivity contribution in [2.45, 2.75) is 33.3 Å². The molecule has 0 aliphatic heterocycles. The summed E-state index contributed by atoms with van der Waals surface area (Å²) < 4.78 is 5.88. The van der Waals surface area contributed by atoms with Gasteiger partial charge in [0.1, 0.15) is 11.9 Å². The SMILES string of the molecule is CCC(CN=C(N)N(CC)CC)Oc1ccccc1Cl. The van der Waals surface area contributed by atoms with E-state index in [1.807, 2.05) is 29.2 Å². The van der Waals surface area contributed by atoms with Gasteiger partial charge in [-0.1, -0.05) is 30.7 Å². The lowest BCUT2D eigenvalue weighted by Crippen LogP contribution is -2.38. The average molecular weight is 298 g/mol. The van der Waals surface area contributed by atoms with Gasteiger partial charge in [0.05, 0.1) is 11.6 Å². The molecule has 0 bridgehead atoms. The van der Waals surface area contributed by atoms with Gasteiger partial charge in [0.15, 0.2) is 5.96 Å². The lowest BCUT2D eigenvalue weighted by molar-refractivity contribution is 0.205. The number of halogens is 1. The summed E-state index contributed by atoms with van der Waals surface area (Å²) in [6.45, 7) is 8.42. The third kappa shape index (κ3) is 4.93. The summed E-state index contributed by atoms with van der Waals surface area (Å²) in [6.07, 6.45) is 0.823. The average Bonchev–Trinajstić information content (AvgIpc) is 2.46. The van der Waals surface area contributed by atoms with E-state index in [0.717, 1.165) is 19.5 Å². The number of nitrogens with two attached hydrogens (primary N) is 1. The molecular formula is C15H24ClN3O. The Morgan fingerprint density at radius 3 is 2.50 bits per heavy atom. The van der Waals surface area contributed by atoms with Crippen molar-refractivity contribution in [3.8, 4) is 5.75 Å². The van der Waals surface area contributed by atoms with Gasteiger partial charge in [-0.3, -0.25) is 0 Å². The maximum Gasteiger partial charge on any atom is 0.191 e. The summed E-state index contributed by atoms with van der Waals surface area (Å²) in [5, 5.41) is 0.617. The highest BCUT2D eigenvalue weighted by atomic mass is 35.5. The Morgan fingerprint density at radius 2 is 1.95 bits per heavy atom. The zero-order valence-corrected chi connectivity index (χ0v) is 13.2. The molecule has 0 aliphatic rings. The molecule has 0 fully saturated rings. The fourth-order valence-electron chi connectivity index (χ4n) is 1.81. The number of guanidine groups is 1. The van der Waals surface area contributed by atoms with Crippen LogP contribution in [0.2, 0.25) is 5.02 Å². The molecule has 1 atom stereocenters. The van der Waals surface area contributed by atoms with E-state index in [9.17, 15) is 0 Å². The van der Waals surface area contributed by atoms with Crippen molar-refractivity contribution >= 4 is 17.6 Å². The molecule has 112 valence electrons. The lowest BCUT2D eigenvalue weighted by atomic mass is 10.2. The second kappa shape index (κ2) is 8.69. The van der Waals surface area contributed by atoms with Crippen LogP contribution in [-0.2, 0) is 0 Å². The van der Waals surface area contributed by atoms with E-state index in [-0.39, 0.29) is 6.10 Å². The van der Waals surface area contributed by atoms with Gasteiger partial charge in [0, 0.05) is 13.1 Å². The third-order valence-electron chi connectivity index (χ3n) is 3.13. The van der Waals surface area contributed by atoms with Crippen molar-refractivity contribution < 1.29 is 4.74 Å². The standard InChI is InChI=1S/C15H24ClN3O/c1-4-12(11-18-15(17)19(5-2)6-3)20-14-10-8-7-9-13(14)16/h7-10,12H,4-6,11H2,1-3H3,(H2,17,18). The highest BCUT2D eigenvalue weighted by Gasteiger charge is 2.11. The molecule has 0 aliphatic carbocycles. The molecule has 4 nitrogen and oxygen atoms in total. The molecule has 0 spiro atoms. The van der Waals surface area contributed by atoms with Crippen LogP contribution in [0.1, 0.15) is 27.2 Å². The Labute approximate surface area is 126 Å². The zero-order chi connectivity index (χ0) is 15.0. The zero-order valence-electron chi connectivity index (χ0n) is 12.5. The van der Waals surface area contributed by atoms with Crippen molar-refractivity contribution in [2.24, 2.45) is 10.7 Å². The third-order valence-corrected chi connectivity index (χ3v) is 3.44. The van der Waals surface area contributed by atoms with Gasteiger partial charge in [-0.25, -0.2) is 4.99 Å². The summed E-state index contributed by atoms with van der Waals surface area (Å²) in [6, 6.07) is 7.47. The molecule has 5 heteroatoms. The summed E-state index contributed by atoms with van der Waals surface area (Å²) in [4.78, 5) is 6.43. The molecular weight excluding hydrogens is 274 g/mol. The number of hydrogen-bond donors (Lipinski definition) is 1. The fraction of sp³-hybridized carbons (Fsp3) is 0.533. The van der Waals surface area contributed by atoms with E-state index < -0.39 is 0 Å². The van der Waals surface area contributed by atoms with Gasteiger partial charge < -0.3 is 15.4 Å². The molecule has 0 saturated carbocycles. The minimum Gasteiger partial charge on any atom is -0.487 e. The van der Waals surface area contributed by atoms with E-state index in [1.54, 1.807) is 0 Å². The van der Waals surface area contributed by atoms with Crippen LogP contribution in [0, 0.1) is 0 Å². The van der Waals surface area contributed by atoms with E-state index in [1.165, 1.54) is 0 Å². The summed E-state index contributed by atoms with van der Waals surface area (Å²) in [5.74, 6) is 1.26. The van der Waals surface area contributed by atoms with Crippen LogP contribution in [-0.4, -0.2) is 36.6 Å². The van der Waals surface area contributed by atoms with E-state index >= 15 is 0 Å². The Kier molecular flexibility index (Phi) is 7.23. The summed E-state index contributed by atoms with van der Waals surface area (Å²) >= 11 is 6.09. The molecule has 0 saturated heterocycles. The van der Waals surface area contributed by atoms with Crippen LogP contribution < -0.4 is 10.5 Å². The minimum absolute atomic E-state index is 0.0241. The van der Waals surface area contributed by atoms with Gasteiger partial charge in [0.25, 0.3) is 0 Å². The Bertz CT molecular complexity index is 433. The first-order valence-electron chi connectivity index (χ1n) is 7.08. The van der Waals surface area contributed by atoms with E-state index in [0.29, 0.717) is 23.3 Å². The smallest absolute Gasteiger partial charge is 0.191 e. The van der Waals surface area contributed by atoms with Crippen molar-refractivity contribution in [3.63, 3.8) is 0 Å². The van der Waals surface area contributed by atoms with E-state index in [2.05, 4.69) is 25.8 Å². The van der Waals surface area contributed by atoms with Crippen LogP contribution in [0.4, 0.5) is 0 Å². The predicted octanol–water partition coefficient (Wildman–Crippen LogP) is 3.15. The number of benzene rings is 1. The largest absolute Gasteiger partial charge is 0.487 e. The second-order valence-corrected chi connectivity index (χ2v) is 4.86. The second-order valence-electron chi connectivity index (χ2n) is 4.45. The molecule has 1 rings (SSSR count). The first-order chi connectivity index (χ1) is 9.62. The summed E-state index contributed by atoms with van der Waals surface area (Å²) in [5.41, 5.74) is 5.96. The Morgan fingerprint density at radius 1 is 1.30 bits per heavy atom. The highest BCUT2D eigenvalue weighted by molar-refractivity contribution is 6.32. The minimum atomic E-state index is -0.0241. The molecule has 0 amide bonds. The molecule has 0 aromatic heterocycles. The first-order valence-corrected chi connectivity index (χ1v) is 7.46. The van der Waals surface area contributed by atoms with E-state index in [4.69, 9.17) is 22.1 Å². The number of rotatable bonds is 7. The highest BCUT2D eigenvalue weighted by Crippen LogP contribution is 2.24. The van der Waals surface area contributed by atoms with Gasteiger partial charge in [-0.15, -0.1) is 0 Å². The van der Waals surface area contributed by atoms with Crippen molar-refractivity contribution in [2.75, 3.05) is 19.6 Å². The van der Waals surface area contributed by atoms with Crippen LogP contribution in [0.3, 0.4) is 0 Å². The summed E-state index contributed by atoms with van der Waals surface area (Å²) in [7, 11) is 0. The molecule has 0 radical (unpaired) electrons. The van der Waals surface area contributed by atoms with Crippen molar-refractivity contribution in [1.29, 1.82) is 0 Å². The quantitative estimate of drug-likeness (QED) is 0.621. The first kappa shape index (κ1) is 16.6. The Balaban J connectivity index is 2.64. The van der Waals surface area contributed by atoms with Gasteiger partial charge in [-0.2, -0.15) is 0 Å². The number of nitrogens with zero attached hydrogens (tertiary/aromatic N) is 2. The van der Waals surface area contributed by atoms with Gasteiger partial charge >= 0.3 is 0 Å². The molecule has 1 aromatic carbocycles. The maximum absolute atomic E-state index is 6.09. The number of para-hydroxylation sites is 1. The van der Waals surface area contributed by atoms with Crippen LogP contribution in [0.15, 0.2) is 29.3 Å². The monoisotopic (exact) mass is 297 g/mol. The van der Waals surface area contributed by atoms with Crippen LogP contribution in [0.25, 0.3) is 0 Å². The lowest BCUT2D eigenvalue weighted by Gasteiger charge is -2.21. The number of ether oxygens (including phenoxy) is 1. The maximum atomic E-state index is 6.09. The normalized spacial score (nSPS) is 13.1. The van der Waals surface area contributed by atoms with Gasteiger partial charge in [-0.05, 0) is 32.4 Å². The molecule has 0 heterocycles. The molecule has 20 heavy (non-hydrogen) atoms. The predicted molar refractivity (Wildman–Crippen MR) is 85.6 cm³/mol. The topological polar surface area (TPSA) is 50.8 Å².